The van der Waals surface area contributed by atoms with Gasteiger partial charge in [-0.3, -0.25) is 11.3 Å². The number of benzene rings is 1. The van der Waals surface area contributed by atoms with Gasteiger partial charge in [0.1, 0.15) is 5.82 Å². The Bertz CT molecular complexity index is 461. The van der Waals surface area contributed by atoms with Gasteiger partial charge in [-0.25, -0.2) is 4.39 Å². The largest absolute Gasteiger partial charge is 0.271 e. The Balaban J connectivity index is 2.07. The minimum Gasteiger partial charge on any atom is -0.271 e. The molecule has 1 saturated heterocycles. The fourth-order valence-electron chi connectivity index (χ4n) is 2.26. The van der Waals surface area contributed by atoms with Gasteiger partial charge in [0.15, 0.2) is 0 Å². The standard InChI is InChI=1S/C14H20ClFN2S2/c1-8-9(2)20-13(7-19-8)12(18-17)6-10-4-3-5-11(15)14(10)16/h3-5,8-9,12-13,18H,6-7,17H2,1-2H3. The van der Waals surface area contributed by atoms with Crippen LogP contribution in [0.5, 0.6) is 0 Å². The molecule has 2 nitrogen and oxygen atoms in total. The summed E-state index contributed by atoms with van der Waals surface area (Å²) in [4.78, 5) is 0. The van der Waals surface area contributed by atoms with Gasteiger partial charge in [0.25, 0.3) is 0 Å². The number of hydrogen-bond acceptors (Lipinski definition) is 4. The van der Waals surface area contributed by atoms with Crippen LogP contribution in [0.15, 0.2) is 18.2 Å². The molecule has 0 spiro atoms. The predicted octanol–water partition coefficient (Wildman–Crippen LogP) is 3.48. The maximum absolute atomic E-state index is 14.0. The summed E-state index contributed by atoms with van der Waals surface area (Å²) in [6.45, 7) is 4.49. The smallest absolute Gasteiger partial charge is 0.145 e. The molecule has 3 N–H and O–H groups in total. The molecule has 1 aliphatic heterocycles. The summed E-state index contributed by atoms with van der Waals surface area (Å²) in [5.41, 5.74) is 3.48. The second kappa shape index (κ2) is 7.36. The molecule has 0 bridgehead atoms. The number of hydrazine groups is 1. The zero-order valence-corrected chi connectivity index (χ0v) is 14.0. The molecule has 0 saturated carbocycles. The number of hydrogen-bond donors (Lipinski definition) is 2. The van der Waals surface area contributed by atoms with Crippen LogP contribution in [-0.4, -0.2) is 27.5 Å². The number of nitrogens with two attached hydrogens (primary N) is 1. The minimum atomic E-state index is -0.329. The number of thioether (sulfide) groups is 2. The van der Waals surface area contributed by atoms with Crippen molar-refractivity contribution >= 4 is 35.1 Å². The first-order valence-electron chi connectivity index (χ1n) is 6.69. The summed E-state index contributed by atoms with van der Waals surface area (Å²) in [5.74, 6) is 6.40. The van der Waals surface area contributed by atoms with Crippen molar-refractivity contribution in [1.29, 1.82) is 0 Å². The van der Waals surface area contributed by atoms with E-state index in [0.29, 0.717) is 27.7 Å². The van der Waals surface area contributed by atoms with Crippen LogP contribution < -0.4 is 11.3 Å². The lowest BCUT2D eigenvalue weighted by molar-refractivity contribution is 0.505. The molecule has 20 heavy (non-hydrogen) atoms. The SMILES string of the molecule is CC1SCC(C(Cc2cccc(Cl)c2F)NN)SC1C. The zero-order chi connectivity index (χ0) is 14.7. The lowest BCUT2D eigenvalue weighted by Crippen LogP contribution is -2.47. The lowest BCUT2D eigenvalue weighted by atomic mass is 10.0. The van der Waals surface area contributed by atoms with Crippen LogP contribution in [0.4, 0.5) is 4.39 Å². The second-order valence-corrected chi connectivity index (χ2v) is 8.55. The molecule has 0 aromatic heterocycles. The predicted molar refractivity (Wildman–Crippen MR) is 89.0 cm³/mol. The average molecular weight is 335 g/mol. The molecule has 1 aliphatic rings. The fourth-order valence-corrected chi connectivity index (χ4v) is 5.57. The van der Waals surface area contributed by atoms with Crippen LogP contribution in [-0.2, 0) is 6.42 Å². The third-order valence-electron chi connectivity index (χ3n) is 3.71. The Morgan fingerprint density at radius 1 is 1.45 bits per heavy atom. The van der Waals surface area contributed by atoms with Gasteiger partial charge in [0, 0.05) is 27.5 Å². The number of halogens is 2. The molecule has 2 rings (SSSR count). The van der Waals surface area contributed by atoms with E-state index in [1.54, 1.807) is 18.2 Å². The lowest BCUT2D eigenvalue weighted by Gasteiger charge is -2.35. The van der Waals surface area contributed by atoms with E-state index in [1.165, 1.54) is 0 Å². The molecule has 4 atom stereocenters. The summed E-state index contributed by atoms with van der Waals surface area (Å²) in [6, 6.07) is 5.18. The van der Waals surface area contributed by atoms with Crippen molar-refractivity contribution in [3.8, 4) is 0 Å². The normalized spacial score (nSPS) is 28.4. The van der Waals surface area contributed by atoms with Gasteiger partial charge in [-0.2, -0.15) is 23.5 Å². The molecule has 6 heteroatoms. The summed E-state index contributed by atoms with van der Waals surface area (Å²) >= 11 is 9.73. The number of nitrogens with one attached hydrogen (secondary N) is 1. The van der Waals surface area contributed by atoms with Crippen LogP contribution in [0.25, 0.3) is 0 Å². The first-order valence-corrected chi connectivity index (χ1v) is 9.06. The van der Waals surface area contributed by atoms with Gasteiger partial charge in [-0.05, 0) is 18.1 Å². The Kier molecular flexibility index (Phi) is 6.05. The molecule has 0 amide bonds. The number of rotatable bonds is 4. The molecule has 1 fully saturated rings. The highest BCUT2D eigenvalue weighted by Gasteiger charge is 2.31. The third kappa shape index (κ3) is 3.83. The van der Waals surface area contributed by atoms with E-state index in [1.807, 2.05) is 23.5 Å². The maximum atomic E-state index is 14.0. The molecule has 1 aromatic carbocycles. The Hall–Kier alpha value is 0.0600. The third-order valence-corrected chi connectivity index (χ3v) is 7.55. The molecule has 112 valence electrons. The van der Waals surface area contributed by atoms with E-state index in [9.17, 15) is 4.39 Å². The zero-order valence-electron chi connectivity index (χ0n) is 11.6. The molecule has 0 radical (unpaired) electrons. The molecule has 0 aliphatic carbocycles. The first kappa shape index (κ1) is 16.4. The summed E-state index contributed by atoms with van der Waals surface area (Å²) in [7, 11) is 0. The first-order chi connectivity index (χ1) is 9.52. The van der Waals surface area contributed by atoms with Gasteiger partial charge in [-0.1, -0.05) is 37.6 Å². The molecule has 1 aromatic rings. The highest BCUT2D eigenvalue weighted by atomic mass is 35.5. The highest BCUT2D eigenvalue weighted by Crippen LogP contribution is 2.37. The van der Waals surface area contributed by atoms with Gasteiger partial charge in [0.05, 0.1) is 5.02 Å². The molecular weight excluding hydrogens is 315 g/mol. The Morgan fingerprint density at radius 2 is 2.20 bits per heavy atom. The van der Waals surface area contributed by atoms with Crippen molar-refractivity contribution in [3.05, 3.63) is 34.6 Å². The Labute approximate surface area is 133 Å². The molecule has 1 heterocycles. The van der Waals surface area contributed by atoms with Crippen LogP contribution in [0, 0.1) is 5.82 Å². The van der Waals surface area contributed by atoms with Crippen molar-refractivity contribution in [2.75, 3.05) is 5.75 Å². The second-order valence-electron chi connectivity index (χ2n) is 5.11. The van der Waals surface area contributed by atoms with Crippen molar-refractivity contribution in [2.45, 2.75) is 42.1 Å². The van der Waals surface area contributed by atoms with Crippen molar-refractivity contribution < 1.29 is 4.39 Å². The van der Waals surface area contributed by atoms with Gasteiger partial charge >= 0.3 is 0 Å². The Morgan fingerprint density at radius 3 is 2.85 bits per heavy atom. The minimum absolute atomic E-state index is 0.0513. The quantitative estimate of drug-likeness (QED) is 0.653. The van der Waals surface area contributed by atoms with E-state index in [-0.39, 0.29) is 16.9 Å². The fraction of sp³-hybridized carbons (Fsp3) is 0.571. The van der Waals surface area contributed by atoms with Gasteiger partial charge in [0.2, 0.25) is 0 Å². The van der Waals surface area contributed by atoms with E-state index < -0.39 is 0 Å². The van der Waals surface area contributed by atoms with Gasteiger partial charge in [-0.15, -0.1) is 0 Å². The van der Waals surface area contributed by atoms with Crippen LogP contribution in [0.2, 0.25) is 5.02 Å². The average Bonchev–Trinajstić information content (AvgIpc) is 2.44. The van der Waals surface area contributed by atoms with Crippen molar-refractivity contribution in [1.82, 2.24) is 5.43 Å². The van der Waals surface area contributed by atoms with E-state index in [0.717, 1.165) is 5.75 Å². The van der Waals surface area contributed by atoms with Crippen LogP contribution in [0.1, 0.15) is 19.4 Å². The van der Waals surface area contributed by atoms with Crippen molar-refractivity contribution in [3.63, 3.8) is 0 Å². The highest BCUT2D eigenvalue weighted by molar-refractivity contribution is 8.07. The van der Waals surface area contributed by atoms with E-state index in [2.05, 4.69) is 19.3 Å². The maximum Gasteiger partial charge on any atom is 0.145 e. The summed E-state index contributed by atoms with van der Waals surface area (Å²) in [6.07, 6.45) is 0.558. The molecule has 4 unspecified atom stereocenters. The monoisotopic (exact) mass is 334 g/mol. The topological polar surface area (TPSA) is 38.0 Å². The summed E-state index contributed by atoms with van der Waals surface area (Å²) in [5, 5.41) is 1.79. The van der Waals surface area contributed by atoms with E-state index in [4.69, 9.17) is 17.4 Å². The van der Waals surface area contributed by atoms with E-state index >= 15 is 0 Å². The molecular formula is C14H20ClFN2S2. The van der Waals surface area contributed by atoms with Crippen LogP contribution >= 0.6 is 35.1 Å². The van der Waals surface area contributed by atoms with Gasteiger partial charge < -0.3 is 0 Å². The van der Waals surface area contributed by atoms with Crippen molar-refractivity contribution in [2.24, 2.45) is 5.84 Å². The van der Waals surface area contributed by atoms with Crippen LogP contribution in [0.3, 0.4) is 0 Å². The summed E-state index contributed by atoms with van der Waals surface area (Å²) < 4.78 is 14.0.